The Bertz CT molecular complexity index is 1100. The molecule has 2 nitrogen and oxygen atoms in total. The van der Waals surface area contributed by atoms with Gasteiger partial charge in [0.05, 0.1) is 11.0 Å². The first-order chi connectivity index (χ1) is 10.7. The zero-order valence-corrected chi connectivity index (χ0v) is 14.5. The van der Waals surface area contributed by atoms with Gasteiger partial charge in [-0.3, -0.25) is 0 Å². The van der Waals surface area contributed by atoms with Crippen molar-refractivity contribution in [3.63, 3.8) is 0 Å². The van der Waals surface area contributed by atoms with Gasteiger partial charge in [0.25, 0.3) is 0 Å². The molecule has 0 bridgehead atoms. The molecule has 0 aliphatic rings. The van der Waals surface area contributed by atoms with Crippen molar-refractivity contribution in [3.05, 3.63) is 57.5 Å². The van der Waals surface area contributed by atoms with E-state index in [1.54, 1.807) is 0 Å². The third kappa shape index (κ3) is 1.65. The normalized spacial score (nSPS) is 12.1. The van der Waals surface area contributed by atoms with Gasteiger partial charge in [0, 0.05) is 41.5 Å². The van der Waals surface area contributed by atoms with Gasteiger partial charge in [-0.1, -0.05) is 44.0 Å². The van der Waals surface area contributed by atoms with Crippen LogP contribution in [0.1, 0.15) is 0 Å². The summed E-state index contributed by atoms with van der Waals surface area (Å²) in [4.78, 5) is 7.12. The molecule has 22 heavy (non-hydrogen) atoms. The summed E-state index contributed by atoms with van der Waals surface area (Å²) in [6.45, 7) is 0. The van der Waals surface area contributed by atoms with Crippen LogP contribution in [-0.2, 0) is 0 Å². The van der Waals surface area contributed by atoms with E-state index in [4.69, 9.17) is 0 Å². The van der Waals surface area contributed by atoms with Crippen LogP contribution in [-0.4, -0.2) is 9.97 Å². The van der Waals surface area contributed by atoms with Crippen LogP contribution in [0.15, 0.2) is 57.5 Å². The summed E-state index contributed by atoms with van der Waals surface area (Å²) in [6, 6.07) is 17.1. The molecule has 0 radical (unpaired) electrons. The Kier molecular flexibility index (Phi) is 2.53. The average molecular weight is 414 g/mol. The Morgan fingerprint density at radius 3 is 1.45 bits per heavy atom. The second-order valence-corrected chi connectivity index (χ2v) is 7.37. The van der Waals surface area contributed by atoms with Gasteiger partial charge in [-0.15, -0.1) is 0 Å². The van der Waals surface area contributed by atoms with Crippen molar-refractivity contribution < 1.29 is 0 Å². The highest BCUT2D eigenvalue weighted by Crippen LogP contribution is 2.36. The van der Waals surface area contributed by atoms with Crippen LogP contribution in [0.3, 0.4) is 0 Å². The van der Waals surface area contributed by atoms with Crippen LogP contribution in [0.25, 0.3) is 43.6 Å². The molecule has 3 aromatic carbocycles. The third-order valence-electron chi connectivity index (χ3n) is 4.27. The minimum atomic E-state index is 1.10. The largest absolute Gasteiger partial charge is 0.353 e. The molecule has 0 saturated carbocycles. The molecule has 5 aromatic rings. The van der Waals surface area contributed by atoms with Crippen LogP contribution in [0, 0.1) is 0 Å². The van der Waals surface area contributed by atoms with Gasteiger partial charge in [0.2, 0.25) is 0 Å². The lowest BCUT2D eigenvalue weighted by atomic mass is 10.1. The van der Waals surface area contributed by atoms with Crippen LogP contribution in [0.4, 0.5) is 0 Å². The van der Waals surface area contributed by atoms with E-state index >= 15 is 0 Å². The topological polar surface area (TPSA) is 31.6 Å². The maximum Gasteiger partial charge on any atom is 0.0710 e. The van der Waals surface area contributed by atoms with Crippen LogP contribution in [0.2, 0.25) is 0 Å². The summed E-state index contributed by atoms with van der Waals surface area (Å²) >= 11 is 7.12. The van der Waals surface area contributed by atoms with E-state index in [2.05, 4.69) is 90.4 Å². The van der Waals surface area contributed by atoms with Gasteiger partial charge >= 0.3 is 0 Å². The molecule has 0 amide bonds. The van der Waals surface area contributed by atoms with Crippen LogP contribution in [0.5, 0.6) is 0 Å². The van der Waals surface area contributed by atoms with Crippen LogP contribution < -0.4 is 0 Å². The number of nitrogens with one attached hydrogen (secondary N) is 2. The minimum absolute atomic E-state index is 1.10. The predicted molar refractivity (Wildman–Crippen MR) is 101 cm³/mol. The number of hydrogen-bond donors (Lipinski definition) is 2. The summed E-state index contributed by atoms with van der Waals surface area (Å²) < 4.78 is 2.20. The van der Waals surface area contributed by atoms with Gasteiger partial charge < -0.3 is 9.97 Å². The lowest BCUT2D eigenvalue weighted by Crippen LogP contribution is -1.72. The number of hydrogen-bond acceptors (Lipinski definition) is 0. The maximum absolute atomic E-state index is 3.56. The number of H-pyrrole nitrogens is 2. The zero-order chi connectivity index (χ0) is 14.8. The molecule has 0 fully saturated rings. The van der Waals surface area contributed by atoms with Gasteiger partial charge in [0.1, 0.15) is 0 Å². The minimum Gasteiger partial charge on any atom is -0.353 e. The first kappa shape index (κ1) is 12.7. The quantitative estimate of drug-likeness (QED) is 0.291. The Balaban J connectivity index is 2.03. The zero-order valence-electron chi connectivity index (χ0n) is 11.4. The van der Waals surface area contributed by atoms with Gasteiger partial charge in [-0.25, -0.2) is 0 Å². The Morgan fingerprint density at radius 1 is 0.545 bits per heavy atom. The van der Waals surface area contributed by atoms with Gasteiger partial charge in [0.15, 0.2) is 0 Å². The molecule has 0 aliphatic heterocycles. The molecule has 0 spiro atoms. The van der Waals surface area contributed by atoms with Crippen molar-refractivity contribution in [1.29, 1.82) is 0 Å². The fraction of sp³-hybridized carbons (Fsp3) is 0. The Morgan fingerprint density at radius 2 is 1.00 bits per heavy atom. The summed E-state index contributed by atoms with van der Waals surface area (Å²) in [5, 5.41) is 4.97. The predicted octanol–water partition coefficient (Wildman–Crippen LogP) is 6.48. The fourth-order valence-corrected chi connectivity index (χ4v) is 4.00. The molecule has 2 N–H and O–H groups in total. The van der Waals surface area contributed by atoms with Crippen molar-refractivity contribution in [2.24, 2.45) is 0 Å². The highest BCUT2D eigenvalue weighted by Gasteiger charge is 2.12. The van der Waals surface area contributed by atoms with Crippen molar-refractivity contribution in [2.45, 2.75) is 0 Å². The SMILES string of the molecule is Brc1ccc2[nH]c3c(ccc4c5cc(Br)ccc5[nH]c43)c2c1. The summed E-state index contributed by atoms with van der Waals surface area (Å²) in [7, 11) is 0. The van der Waals surface area contributed by atoms with E-state index in [1.165, 1.54) is 21.5 Å². The number of fused-ring (bicyclic) bond motifs is 7. The second-order valence-electron chi connectivity index (χ2n) is 5.54. The average Bonchev–Trinajstić information content (AvgIpc) is 3.05. The maximum atomic E-state index is 3.56. The summed E-state index contributed by atoms with van der Waals surface area (Å²) in [6.07, 6.45) is 0. The molecule has 0 saturated heterocycles. The van der Waals surface area contributed by atoms with E-state index in [0.29, 0.717) is 0 Å². The van der Waals surface area contributed by atoms with E-state index < -0.39 is 0 Å². The van der Waals surface area contributed by atoms with Crippen LogP contribution >= 0.6 is 31.9 Å². The smallest absolute Gasteiger partial charge is 0.0710 e. The van der Waals surface area contributed by atoms with Crippen molar-refractivity contribution >= 4 is 75.5 Å². The summed E-state index contributed by atoms with van der Waals surface area (Å²) in [5.41, 5.74) is 4.65. The second kappa shape index (κ2) is 4.37. The van der Waals surface area contributed by atoms with Gasteiger partial charge in [-0.2, -0.15) is 0 Å². The van der Waals surface area contributed by atoms with E-state index in [9.17, 15) is 0 Å². The molecular weight excluding hydrogens is 404 g/mol. The monoisotopic (exact) mass is 412 g/mol. The Labute approximate surface area is 142 Å². The molecule has 4 heteroatoms. The lowest BCUT2D eigenvalue weighted by molar-refractivity contribution is 1.51. The molecule has 0 unspecified atom stereocenters. The first-order valence-electron chi connectivity index (χ1n) is 7.01. The number of aromatic amines is 2. The number of rotatable bonds is 0. The summed E-state index contributed by atoms with van der Waals surface area (Å²) in [5.74, 6) is 0. The highest BCUT2D eigenvalue weighted by atomic mass is 79.9. The molecule has 2 aromatic heterocycles. The highest BCUT2D eigenvalue weighted by molar-refractivity contribution is 9.10. The Hall–Kier alpha value is -1.78. The molecule has 2 heterocycles. The molecule has 5 rings (SSSR count). The van der Waals surface area contributed by atoms with Crippen molar-refractivity contribution in [3.8, 4) is 0 Å². The molecular formula is C18H10Br2N2. The van der Waals surface area contributed by atoms with E-state index in [1.807, 2.05) is 0 Å². The first-order valence-corrected chi connectivity index (χ1v) is 8.60. The van der Waals surface area contributed by atoms with Gasteiger partial charge in [-0.05, 0) is 36.4 Å². The molecule has 0 atom stereocenters. The number of halogens is 2. The van der Waals surface area contributed by atoms with E-state index in [0.717, 1.165) is 31.0 Å². The number of benzene rings is 3. The van der Waals surface area contributed by atoms with Crippen molar-refractivity contribution in [2.75, 3.05) is 0 Å². The molecule has 106 valence electrons. The van der Waals surface area contributed by atoms with Crippen molar-refractivity contribution in [1.82, 2.24) is 9.97 Å². The number of aromatic nitrogens is 2. The van der Waals surface area contributed by atoms with E-state index in [-0.39, 0.29) is 0 Å². The lowest BCUT2D eigenvalue weighted by Gasteiger charge is -1.95. The third-order valence-corrected chi connectivity index (χ3v) is 5.25. The molecule has 0 aliphatic carbocycles. The fourth-order valence-electron chi connectivity index (χ4n) is 3.28. The standard InChI is InChI=1S/C18H10Br2N2/c19-9-1-5-15-13(7-9)11-3-4-12-14-8-10(20)2-6-16(14)22-18(12)17(11)21-15/h1-8,21-22H.